The molecule has 30 heavy (non-hydrogen) atoms. The van der Waals surface area contributed by atoms with Gasteiger partial charge in [0.25, 0.3) is 0 Å². The maximum atomic E-state index is 9.10. The highest BCUT2D eigenvalue weighted by Crippen LogP contribution is 2.30. The molecule has 1 aromatic heterocycles. The van der Waals surface area contributed by atoms with E-state index in [0.717, 1.165) is 38.1 Å². The van der Waals surface area contributed by atoms with Crippen molar-refractivity contribution in [1.82, 2.24) is 4.98 Å². The highest BCUT2D eigenvalue weighted by molar-refractivity contribution is 9.10. The van der Waals surface area contributed by atoms with Crippen molar-refractivity contribution in [3.8, 4) is 11.5 Å². The molecule has 7 nitrogen and oxygen atoms in total. The topological polar surface area (TPSA) is 106 Å². The number of para-hydroxylation sites is 1. The van der Waals surface area contributed by atoms with E-state index < -0.39 is 11.9 Å². The van der Waals surface area contributed by atoms with Crippen molar-refractivity contribution in [3.63, 3.8) is 0 Å². The molecule has 1 heterocycles. The van der Waals surface area contributed by atoms with Crippen molar-refractivity contribution >= 4 is 38.8 Å². The first kappa shape index (κ1) is 23.2. The standard InChI is InChI=1S/C20H20BrNO2.C2H2O4/c1-13-11-14(2)20(17(21)12-13)24-10-9-23-18-6-4-5-16-8-7-15(3)22-19(16)18;3-1(4)2(5)6/h4-8,11-12H,9-10H2,1-3H3;(H,3,4)(H,5,6). The van der Waals surface area contributed by atoms with Gasteiger partial charge in [-0.25, -0.2) is 14.6 Å². The number of halogens is 1. The molecule has 3 aromatic rings. The molecule has 0 fully saturated rings. The van der Waals surface area contributed by atoms with E-state index in [4.69, 9.17) is 29.3 Å². The molecule has 8 heteroatoms. The van der Waals surface area contributed by atoms with Crippen molar-refractivity contribution in [1.29, 1.82) is 0 Å². The molecular weight excluding hydrogens is 454 g/mol. The summed E-state index contributed by atoms with van der Waals surface area (Å²) in [4.78, 5) is 22.8. The van der Waals surface area contributed by atoms with Gasteiger partial charge >= 0.3 is 11.9 Å². The van der Waals surface area contributed by atoms with Crippen LogP contribution in [0, 0.1) is 20.8 Å². The van der Waals surface area contributed by atoms with E-state index in [-0.39, 0.29) is 0 Å². The average Bonchev–Trinajstić information content (AvgIpc) is 2.67. The molecule has 0 spiro atoms. The number of fused-ring (bicyclic) bond motifs is 1. The predicted octanol–water partition coefficient (Wildman–Crippen LogP) is 4.54. The highest BCUT2D eigenvalue weighted by atomic mass is 79.9. The Morgan fingerprint density at radius 2 is 1.63 bits per heavy atom. The van der Waals surface area contributed by atoms with Crippen LogP contribution in [0.4, 0.5) is 0 Å². The normalized spacial score (nSPS) is 10.1. The molecular formula is C22H22BrNO6. The van der Waals surface area contributed by atoms with Gasteiger partial charge in [0.05, 0.1) is 4.47 Å². The molecule has 2 N–H and O–H groups in total. The lowest BCUT2D eigenvalue weighted by molar-refractivity contribution is -0.159. The number of pyridine rings is 1. The number of hydrogen-bond donors (Lipinski definition) is 2. The van der Waals surface area contributed by atoms with Gasteiger partial charge in [0, 0.05) is 11.1 Å². The van der Waals surface area contributed by atoms with Crippen LogP contribution in [-0.2, 0) is 9.59 Å². The zero-order chi connectivity index (χ0) is 22.3. The molecule has 0 aliphatic carbocycles. The summed E-state index contributed by atoms with van der Waals surface area (Å²) >= 11 is 3.56. The summed E-state index contributed by atoms with van der Waals surface area (Å²) in [5.74, 6) is -1.99. The Morgan fingerprint density at radius 1 is 0.967 bits per heavy atom. The van der Waals surface area contributed by atoms with Gasteiger partial charge in [-0.2, -0.15) is 0 Å². The Morgan fingerprint density at radius 3 is 2.27 bits per heavy atom. The van der Waals surface area contributed by atoms with Crippen LogP contribution in [0.3, 0.4) is 0 Å². The van der Waals surface area contributed by atoms with Crippen LogP contribution < -0.4 is 9.47 Å². The first-order valence-corrected chi connectivity index (χ1v) is 9.83. The number of aryl methyl sites for hydroxylation is 3. The Bertz CT molecular complexity index is 1030. The number of rotatable bonds is 5. The Kier molecular flexibility index (Phi) is 8.17. The molecule has 0 aliphatic heterocycles. The third kappa shape index (κ3) is 6.45. The largest absolute Gasteiger partial charge is 0.489 e. The molecule has 0 aliphatic rings. The van der Waals surface area contributed by atoms with Crippen molar-refractivity contribution in [2.45, 2.75) is 20.8 Å². The highest BCUT2D eigenvalue weighted by Gasteiger charge is 2.08. The number of nitrogens with zero attached hydrogens (tertiary/aromatic N) is 1. The van der Waals surface area contributed by atoms with Gasteiger partial charge in [-0.15, -0.1) is 0 Å². The molecule has 0 atom stereocenters. The zero-order valence-corrected chi connectivity index (χ0v) is 18.4. The van der Waals surface area contributed by atoms with Crippen LogP contribution in [0.2, 0.25) is 0 Å². The summed E-state index contributed by atoms with van der Waals surface area (Å²) < 4.78 is 12.8. The number of aliphatic carboxylic acids is 2. The fourth-order valence-electron chi connectivity index (χ4n) is 2.71. The first-order valence-electron chi connectivity index (χ1n) is 9.04. The molecule has 0 bridgehead atoms. The zero-order valence-electron chi connectivity index (χ0n) is 16.8. The summed E-state index contributed by atoms with van der Waals surface area (Å²) in [6.07, 6.45) is 0. The van der Waals surface area contributed by atoms with Gasteiger partial charge in [-0.1, -0.05) is 24.3 Å². The van der Waals surface area contributed by atoms with E-state index in [1.807, 2.05) is 38.1 Å². The van der Waals surface area contributed by atoms with Gasteiger partial charge in [-0.05, 0) is 66.0 Å². The number of carboxylic acid groups (broad SMARTS) is 2. The van der Waals surface area contributed by atoms with Crippen LogP contribution in [-0.4, -0.2) is 40.3 Å². The van der Waals surface area contributed by atoms with Crippen LogP contribution in [0.15, 0.2) is 46.9 Å². The maximum Gasteiger partial charge on any atom is 0.414 e. The van der Waals surface area contributed by atoms with Crippen molar-refractivity contribution < 1.29 is 29.3 Å². The van der Waals surface area contributed by atoms with Crippen LogP contribution in [0.1, 0.15) is 16.8 Å². The number of aromatic nitrogens is 1. The fourth-order valence-corrected chi connectivity index (χ4v) is 3.50. The summed E-state index contributed by atoms with van der Waals surface area (Å²) in [5.41, 5.74) is 4.20. The van der Waals surface area contributed by atoms with Gasteiger partial charge < -0.3 is 19.7 Å². The van der Waals surface area contributed by atoms with Crippen LogP contribution >= 0.6 is 15.9 Å². The average molecular weight is 476 g/mol. The first-order chi connectivity index (χ1) is 14.2. The lowest BCUT2D eigenvalue weighted by atomic mass is 10.1. The van der Waals surface area contributed by atoms with Gasteiger partial charge in [0.1, 0.15) is 30.2 Å². The minimum atomic E-state index is -1.82. The number of ether oxygens (including phenoxy) is 2. The summed E-state index contributed by atoms with van der Waals surface area (Å²) in [5, 5.41) is 15.9. The minimum absolute atomic E-state index is 0.467. The maximum absolute atomic E-state index is 9.10. The second-order valence-electron chi connectivity index (χ2n) is 6.48. The molecule has 0 saturated carbocycles. The van der Waals surface area contributed by atoms with E-state index in [9.17, 15) is 0 Å². The van der Waals surface area contributed by atoms with E-state index in [1.54, 1.807) is 0 Å². The number of carboxylic acids is 2. The van der Waals surface area contributed by atoms with Gasteiger partial charge in [0.2, 0.25) is 0 Å². The second kappa shape index (κ2) is 10.6. The Balaban J connectivity index is 0.000000469. The summed E-state index contributed by atoms with van der Waals surface area (Å²) in [6, 6.07) is 14.2. The molecule has 0 radical (unpaired) electrons. The smallest absolute Gasteiger partial charge is 0.414 e. The molecule has 0 saturated heterocycles. The Labute approximate surface area is 182 Å². The number of benzene rings is 2. The van der Waals surface area contributed by atoms with E-state index in [0.29, 0.717) is 13.2 Å². The second-order valence-corrected chi connectivity index (χ2v) is 7.33. The third-order valence-corrected chi connectivity index (χ3v) is 4.56. The molecule has 0 amide bonds. The van der Waals surface area contributed by atoms with E-state index in [2.05, 4.69) is 46.0 Å². The van der Waals surface area contributed by atoms with Crippen molar-refractivity contribution in [2.75, 3.05) is 13.2 Å². The minimum Gasteiger partial charge on any atom is -0.489 e. The van der Waals surface area contributed by atoms with Crippen molar-refractivity contribution in [2.24, 2.45) is 0 Å². The monoisotopic (exact) mass is 475 g/mol. The number of hydrogen-bond acceptors (Lipinski definition) is 5. The number of carbonyl (C=O) groups is 2. The molecule has 3 rings (SSSR count). The van der Waals surface area contributed by atoms with E-state index in [1.165, 1.54) is 5.56 Å². The van der Waals surface area contributed by atoms with Crippen LogP contribution in [0.25, 0.3) is 10.9 Å². The van der Waals surface area contributed by atoms with Gasteiger partial charge in [0.15, 0.2) is 0 Å². The SMILES string of the molecule is Cc1cc(C)c(OCCOc2cccc3ccc(C)nc23)c(Br)c1.O=C(O)C(=O)O. The fraction of sp³-hybridized carbons (Fsp3) is 0.227. The van der Waals surface area contributed by atoms with Gasteiger partial charge in [-0.3, -0.25) is 0 Å². The quantitative estimate of drug-likeness (QED) is 0.412. The van der Waals surface area contributed by atoms with Crippen molar-refractivity contribution in [3.05, 3.63) is 63.8 Å². The third-order valence-electron chi connectivity index (χ3n) is 3.97. The van der Waals surface area contributed by atoms with E-state index >= 15 is 0 Å². The summed E-state index contributed by atoms with van der Waals surface area (Å²) in [7, 11) is 0. The van der Waals surface area contributed by atoms with Crippen LogP contribution in [0.5, 0.6) is 11.5 Å². The molecule has 158 valence electrons. The molecule has 2 aromatic carbocycles. The Hall–Kier alpha value is -3.13. The molecule has 0 unspecified atom stereocenters. The lowest BCUT2D eigenvalue weighted by Gasteiger charge is -2.13. The predicted molar refractivity (Wildman–Crippen MR) is 116 cm³/mol. The summed E-state index contributed by atoms with van der Waals surface area (Å²) in [6.45, 7) is 7.04. The lowest BCUT2D eigenvalue weighted by Crippen LogP contribution is -2.10.